The quantitative estimate of drug-likeness (QED) is 0.687. The molecule has 5 nitrogen and oxygen atoms in total. The minimum Gasteiger partial charge on any atom is -0.268 e. The smallest absolute Gasteiger partial charge is 0.265 e. The number of hydrogen-bond donors (Lipinski definition) is 1. The normalized spacial score (nSPS) is 17.8. The van der Waals surface area contributed by atoms with Crippen molar-refractivity contribution in [1.29, 1.82) is 0 Å². The van der Waals surface area contributed by atoms with Gasteiger partial charge in [-0.3, -0.25) is 4.79 Å². The second-order valence-corrected chi connectivity index (χ2v) is 8.89. The van der Waals surface area contributed by atoms with E-state index in [0.29, 0.717) is 5.78 Å². The fraction of sp³-hybridized carbons (Fsp3) is 0.476. The topological polar surface area (TPSA) is 63.0 Å². The van der Waals surface area contributed by atoms with Gasteiger partial charge < -0.3 is 0 Å². The number of hydrogen-bond acceptors (Lipinski definition) is 4. The van der Waals surface area contributed by atoms with Gasteiger partial charge >= 0.3 is 0 Å². The van der Waals surface area contributed by atoms with E-state index in [1.165, 1.54) is 24.8 Å². The van der Waals surface area contributed by atoms with Crippen molar-refractivity contribution in [3.8, 4) is 11.3 Å². The highest BCUT2D eigenvalue weighted by atomic mass is 32.2. The van der Waals surface area contributed by atoms with Crippen LogP contribution in [-0.4, -0.2) is 25.3 Å². The number of nitrogens with one attached hydrogen (secondary N) is 1. The van der Waals surface area contributed by atoms with Gasteiger partial charge in [-0.25, -0.2) is 14.5 Å². The van der Waals surface area contributed by atoms with E-state index in [-0.39, 0.29) is 11.0 Å². The van der Waals surface area contributed by atoms with E-state index in [1.807, 2.05) is 6.07 Å². The SMILES string of the molecule is CCCSc1n[nH]c2nc3c(c(=O)n12)C1(CCCCC1)Cc1ccccc1-3. The fourth-order valence-electron chi connectivity index (χ4n) is 4.90. The molecule has 0 amide bonds. The molecule has 1 saturated carbocycles. The summed E-state index contributed by atoms with van der Waals surface area (Å²) in [4.78, 5) is 18.7. The molecule has 1 spiro atoms. The third-order valence-corrected chi connectivity index (χ3v) is 7.25. The molecule has 2 aromatic heterocycles. The zero-order valence-electron chi connectivity index (χ0n) is 15.6. The van der Waals surface area contributed by atoms with Gasteiger partial charge in [-0.1, -0.05) is 62.2 Å². The van der Waals surface area contributed by atoms with Crippen LogP contribution in [0, 0.1) is 0 Å². The van der Waals surface area contributed by atoms with Gasteiger partial charge in [-0.15, -0.1) is 5.10 Å². The Morgan fingerprint density at radius 3 is 2.85 bits per heavy atom. The Bertz CT molecular complexity index is 1060. The van der Waals surface area contributed by atoms with Gasteiger partial charge in [0, 0.05) is 16.7 Å². The van der Waals surface area contributed by atoms with Gasteiger partial charge in [0.1, 0.15) is 0 Å². The Kier molecular flexibility index (Phi) is 4.11. The number of benzene rings is 1. The van der Waals surface area contributed by atoms with Crippen molar-refractivity contribution in [3.63, 3.8) is 0 Å². The Morgan fingerprint density at radius 2 is 2.04 bits per heavy atom. The third-order valence-electron chi connectivity index (χ3n) is 6.10. The summed E-state index contributed by atoms with van der Waals surface area (Å²) >= 11 is 1.62. The van der Waals surface area contributed by atoms with Gasteiger partial charge in [0.2, 0.25) is 5.78 Å². The molecule has 2 aliphatic carbocycles. The largest absolute Gasteiger partial charge is 0.268 e. The predicted molar refractivity (Wildman–Crippen MR) is 109 cm³/mol. The average Bonchev–Trinajstić information content (AvgIpc) is 3.10. The van der Waals surface area contributed by atoms with E-state index in [2.05, 4.69) is 35.3 Å². The molecule has 1 fully saturated rings. The van der Waals surface area contributed by atoms with Crippen molar-refractivity contribution in [2.24, 2.45) is 0 Å². The molecule has 0 atom stereocenters. The highest BCUT2D eigenvalue weighted by Crippen LogP contribution is 2.48. The number of aromatic nitrogens is 4. The molecule has 1 aromatic carbocycles. The summed E-state index contributed by atoms with van der Waals surface area (Å²) in [6.07, 6.45) is 7.79. The van der Waals surface area contributed by atoms with Crippen LogP contribution in [0.15, 0.2) is 34.2 Å². The summed E-state index contributed by atoms with van der Waals surface area (Å²) in [6, 6.07) is 8.45. The molecule has 1 N–H and O–H groups in total. The van der Waals surface area contributed by atoms with Crippen molar-refractivity contribution in [2.75, 3.05) is 5.75 Å². The van der Waals surface area contributed by atoms with Crippen molar-refractivity contribution in [1.82, 2.24) is 19.6 Å². The van der Waals surface area contributed by atoms with Crippen LogP contribution in [0.3, 0.4) is 0 Å². The lowest BCUT2D eigenvalue weighted by Crippen LogP contribution is -2.41. The van der Waals surface area contributed by atoms with E-state index >= 15 is 0 Å². The van der Waals surface area contributed by atoms with Crippen LogP contribution in [0.1, 0.15) is 56.6 Å². The Hall–Kier alpha value is -2.08. The van der Waals surface area contributed by atoms with Crippen molar-refractivity contribution in [3.05, 3.63) is 45.7 Å². The summed E-state index contributed by atoms with van der Waals surface area (Å²) < 4.78 is 1.71. The number of aromatic amines is 1. The van der Waals surface area contributed by atoms with Crippen molar-refractivity contribution in [2.45, 2.75) is 62.4 Å². The van der Waals surface area contributed by atoms with E-state index in [4.69, 9.17) is 4.98 Å². The molecule has 2 aliphatic rings. The first-order valence-electron chi connectivity index (χ1n) is 9.96. The van der Waals surface area contributed by atoms with Crippen molar-refractivity contribution < 1.29 is 0 Å². The number of rotatable bonds is 3. The van der Waals surface area contributed by atoms with Crippen LogP contribution in [0.25, 0.3) is 17.0 Å². The van der Waals surface area contributed by atoms with Crippen LogP contribution in [0.5, 0.6) is 0 Å². The summed E-state index contributed by atoms with van der Waals surface area (Å²) in [7, 11) is 0. The standard InChI is InChI=1S/C21H24N4OS/c1-2-12-27-20-24-23-19-22-17-15-9-5-4-8-14(15)13-21(10-6-3-7-11-21)16(17)18(26)25(19)20/h4-5,8-9H,2-3,6-7,10-13H2,1H3,(H,22,23). The molecule has 27 heavy (non-hydrogen) atoms. The number of thioether (sulfide) groups is 1. The maximum absolute atomic E-state index is 13.8. The number of H-pyrrole nitrogens is 1. The highest BCUT2D eigenvalue weighted by Gasteiger charge is 2.43. The maximum Gasteiger partial charge on any atom is 0.265 e. The fourth-order valence-corrected chi connectivity index (χ4v) is 5.69. The molecule has 6 heteroatoms. The first kappa shape index (κ1) is 17.0. The third kappa shape index (κ3) is 2.57. The second-order valence-electron chi connectivity index (χ2n) is 7.83. The number of nitrogens with zero attached hydrogens (tertiary/aromatic N) is 3. The lowest BCUT2D eigenvalue weighted by Gasteiger charge is -2.41. The first-order chi connectivity index (χ1) is 13.2. The van der Waals surface area contributed by atoms with E-state index in [9.17, 15) is 4.79 Å². The van der Waals surface area contributed by atoms with Crippen LogP contribution in [-0.2, 0) is 11.8 Å². The molecule has 0 aliphatic heterocycles. The molecule has 140 valence electrons. The molecule has 0 bridgehead atoms. The van der Waals surface area contributed by atoms with E-state index in [1.54, 1.807) is 16.2 Å². The monoisotopic (exact) mass is 380 g/mol. The van der Waals surface area contributed by atoms with Crippen LogP contribution in [0.2, 0.25) is 0 Å². The van der Waals surface area contributed by atoms with Crippen LogP contribution in [0.4, 0.5) is 0 Å². The van der Waals surface area contributed by atoms with Gasteiger partial charge in [0.05, 0.1) is 11.3 Å². The lowest BCUT2D eigenvalue weighted by atomic mass is 9.62. The van der Waals surface area contributed by atoms with Gasteiger partial charge in [0.25, 0.3) is 5.56 Å². The summed E-state index contributed by atoms with van der Waals surface area (Å²) in [5, 5.41) is 8.12. The van der Waals surface area contributed by atoms with Crippen LogP contribution < -0.4 is 5.56 Å². The second kappa shape index (κ2) is 6.51. The molecule has 5 rings (SSSR count). The van der Waals surface area contributed by atoms with Crippen molar-refractivity contribution >= 4 is 17.5 Å². The summed E-state index contributed by atoms with van der Waals surface area (Å²) in [5.41, 5.74) is 4.25. The minimum absolute atomic E-state index is 0.0722. The molecule has 0 unspecified atom stereocenters. The molecular formula is C21H24N4OS. The Morgan fingerprint density at radius 1 is 1.22 bits per heavy atom. The Balaban J connectivity index is 1.81. The van der Waals surface area contributed by atoms with E-state index < -0.39 is 0 Å². The van der Waals surface area contributed by atoms with Gasteiger partial charge in [0.15, 0.2) is 5.16 Å². The predicted octanol–water partition coefficient (Wildman–Crippen LogP) is 4.34. The summed E-state index contributed by atoms with van der Waals surface area (Å²) in [6.45, 7) is 2.14. The molecule has 3 aromatic rings. The number of fused-ring (bicyclic) bond motifs is 5. The molecule has 0 saturated heterocycles. The first-order valence-corrected chi connectivity index (χ1v) is 10.9. The zero-order valence-corrected chi connectivity index (χ0v) is 16.4. The Labute approximate surface area is 162 Å². The lowest BCUT2D eigenvalue weighted by molar-refractivity contribution is 0.284. The van der Waals surface area contributed by atoms with Gasteiger partial charge in [-0.05, 0) is 31.2 Å². The highest BCUT2D eigenvalue weighted by molar-refractivity contribution is 7.99. The van der Waals surface area contributed by atoms with Crippen LogP contribution >= 0.6 is 11.8 Å². The maximum atomic E-state index is 13.8. The van der Waals surface area contributed by atoms with Gasteiger partial charge in [-0.2, -0.15) is 0 Å². The molecule has 0 radical (unpaired) electrons. The molecular weight excluding hydrogens is 356 g/mol. The molecule has 2 heterocycles. The zero-order chi connectivity index (χ0) is 18.4. The average molecular weight is 381 g/mol. The van der Waals surface area contributed by atoms with E-state index in [0.717, 1.165) is 53.4 Å². The summed E-state index contributed by atoms with van der Waals surface area (Å²) in [5.74, 6) is 1.50. The minimum atomic E-state index is -0.0722.